The molecule has 236 valence electrons. The number of rotatable bonds is 8. The average Bonchev–Trinajstić information content (AvgIpc) is 3.72. The van der Waals surface area contributed by atoms with E-state index in [4.69, 9.17) is 0 Å². The van der Waals surface area contributed by atoms with Crippen molar-refractivity contribution in [1.29, 1.82) is 0 Å². The van der Waals surface area contributed by atoms with Crippen molar-refractivity contribution >= 4 is 74.2 Å². The molecule has 0 spiro atoms. The van der Waals surface area contributed by atoms with Crippen LogP contribution in [0.4, 0.5) is 0 Å². The molecule has 0 heterocycles. The molecule has 6 aromatic rings. The minimum Gasteiger partial charge on any atom is -0.746 e. The Kier molecular flexibility index (Phi) is 12.4. The zero-order valence-electron chi connectivity index (χ0n) is 27.3. The first-order chi connectivity index (χ1) is 21.1. The maximum atomic E-state index is 2.46. The normalized spacial score (nSPS) is 11.6. The van der Waals surface area contributed by atoms with E-state index in [2.05, 4.69) is 197 Å². The fraction of sp³-hybridized carbons (Fsp3) is 0.150. The summed E-state index contributed by atoms with van der Waals surface area (Å²) in [5.74, 6) is 0. The Morgan fingerprint density at radius 1 is 0.489 bits per heavy atom. The van der Waals surface area contributed by atoms with Gasteiger partial charge in [-0.25, -0.2) is 14.0 Å². The molecule has 0 aliphatic heterocycles. The Morgan fingerprint density at radius 3 is 1.27 bits per heavy atom. The monoisotopic (exact) mass is 698 g/mol. The standard InChI is InChI=1S/2C20H22PSi.Fe/c2*1-22(2,3)20-15-14-19(16-20)21(17-10-6-4-7-11-17)18-12-8-5-9-13-18;/h2*4-16H,1-3H3;/q-5;-1;. The molecule has 0 amide bonds. The van der Waals surface area contributed by atoms with Crippen LogP contribution in [0, 0.1) is 0 Å². The number of hydrogen-bond donors (Lipinski definition) is 0. The van der Waals surface area contributed by atoms with Gasteiger partial charge in [-0.15, -0.1) is 8.07 Å². The molecule has 6 aromatic carbocycles. The van der Waals surface area contributed by atoms with E-state index < -0.39 is 32.0 Å². The van der Waals surface area contributed by atoms with Gasteiger partial charge in [-0.2, -0.15) is 22.6 Å². The summed E-state index contributed by atoms with van der Waals surface area (Å²) in [5, 5.41) is 11.8. The second-order valence-electron chi connectivity index (χ2n) is 13.2. The Labute approximate surface area is 286 Å². The van der Waals surface area contributed by atoms with Gasteiger partial charge in [-0.1, -0.05) is 179 Å². The Bertz CT molecular complexity index is 1510. The van der Waals surface area contributed by atoms with Crippen molar-refractivity contribution < 1.29 is 17.1 Å². The minimum atomic E-state index is -1.25. The van der Waals surface area contributed by atoms with Crippen LogP contribution in [0.25, 0.3) is 0 Å². The summed E-state index contributed by atoms with van der Waals surface area (Å²) in [4.78, 5) is 0. The van der Waals surface area contributed by atoms with Gasteiger partial charge < -0.3 is 28.7 Å². The Balaban J connectivity index is 0.000000200. The molecule has 0 radical (unpaired) electrons. The van der Waals surface area contributed by atoms with E-state index >= 15 is 0 Å². The molecule has 0 fully saturated rings. The molecule has 0 aliphatic rings. The topological polar surface area (TPSA) is 0 Å². The summed E-state index contributed by atoms with van der Waals surface area (Å²) in [7, 11) is -3.40. The van der Waals surface area contributed by atoms with Crippen LogP contribution in [0.2, 0.25) is 39.3 Å². The Morgan fingerprint density at radius 2 is 0.911 bits per heavy atom. The SMILES string of the molecule is C[Si](C)(C)[c-]1[cH-][cH-][c-](P(c2ccccc2)c2ccccc2)[cH-]1.C[Si](C)(C)[c-]1ccc(P(c2ccccc2)c2ccccc2)c1.[Fe]. The van der Waals surface area contributed by atoms with Crippen LogP contribution < -0.4 is 42.2 Å². The molecule has 0 saturated heterocycles. The van der Waals surface area contributed by atoms with E-state index in [1.54, 1.807) is 10.4 Å². The summed E-state index contributed by atoms with van der Waals surface area (Å²) >= 11 is 0. The molecule has 0 unspecified atom stereocenters. The first-order valence-corrected chi connectivity index (χ1v) is 25.1. The van der Waals surface area contributed by atoms with Gasteiger partial charge in [0.15, 0.2) is 0 Å². The summed E-state index contributed by atoms with van der Waals surface area (Å²) < 4.78 is 0. The summed E-state index contributed by atoms with van der Waals surface area (Å²) in [6.45, 7) is 14.5. The molecule has 0 N–H and O–H groups in total. The second-order valence-corrected chi connectivity index (χ2v) is 27.8. The van der Waals surface area contributed by atoms with E-state index in [-0.39, 0.29) is 17.1 Å². The van der Waals surface area contributed by atoms with Crippen molar-refractivity contribution in [3.8, 4) is 0 Å². The second kappa shape index (κ2) is 15.8. The Hall–Kier alpha value is -2.61. The minimum absolute atomic E-state index is 0. The van der Waals surface area contributed by atoms with E-state index in [1.165, 1.54) is 31.8 Å². The third-order valence-electron chi connectivity index (χ3n) is 7.78. The van der Waals surface area contributed by atoms with Crippen molar-refractivity contribution in [2.24, 2.45) is 0 Å². The van der Waals surface area contributed by atoms with Crippen LogP contribution >= 0.6 is 15.8 Å². The molecule has 0 aliphatic carbocycles. The first kappa shape index (κ1) is 35.3. The maximum Gasteiger partial charge on any atom is 0.0147 e. The molecule has 0 aromatic heterocycles. The number of benzene rings is 4. The van der Waals surface area contributed by atoms with Crippen LogP contribution in [-0.2, 0) is 17.1 Å². The van der Waals surface area contributed by atoms with Crippen LogP contribution in [-0.4, -0.2) is 16.1 Å². The van der Waals surface area contributed by atoms with E-state index in [1.807, 2.05) is 0 Å². The smallest absolute Gasteiger partial charge is 0.0147 e. The molecule has 45 heavy (non-hydrogen) atoms. The van der Waals surface area contributed by atoms with Crippen molar-refractivity contribution in [3.05, 3.63) is 158 Å². The summed E-state index contributed by atoms with van der Waals surface area (Å²) in [6.07, 6.45) is 0. The predicted octanol–water partition coefficient (Wildman–Crippen LogP) is 7.42. The third kappa shape index (κ3) is 9.24. The zero-order valence-corrected chi connectivity index (χ0v) is 32.2. The maximum absolute atomic E-state index is 2.46. The molecule has 0 atom stereocenters. The zero-order chi connectivity index (χ0) is 31.2. The fourth-order valence-corrected chi connectivity index (χ4v) is 12.5. The predicted molar refractivity (Wildman–Crippen MR) is 207 cm³/mol. The van der Waals surface area contributed by atoms with E-state index in [0.29, 0.717) is 0 Å². The summed E-state index contributed by atoms with van der Waals surface area (Å²) in [5.41, 5.74) is 0. The van der Waals surface area contributed by atoms with Crippen LogP contribution in [0.3, 0.4) is 0 Å². The molecular weight excluding hydrogens is 654 g/mol. The van der Waals surface area contributed by atoms with Crippen molar-refractivity contribution in [1.82, 2.24) is 0 Å². The van der Waals surface area contributed by atoms with Gasteiger partial charge in [0.1, 0.15) is 0 Å². The fourth-order valence-electron chi connectivity index (χ4n) is 5.28. The first-order valence-electron chi connectivity index (χ1n) is 15.5. The molecule has 0 bridgehead atoms. The van der Waals surface area contributed by atoms with Crippen LogP contribution in [0.5, 0.6) is 0 Å². The van der Waals surface area contributed by atoms with Gasteiger partial charge in [0.2, 0.25) is 0 Å². The van der Waals surface area contributed by atoms with Crippen LogP contribution in [0.1, 0.15) is 0 Å². The quantitative estimate of drug-likeness (QED) is 0.0883. The molecular formula is C40H44FeP2Si2-6. The van der Waals surface area contributed by atoms with Gasteiger partial charge in [0.05, 0.1) is 0 Å². The van der Waals surface area contributed by atoms with E-state index in [9.17, 15) is 0 Å². The van der Waals surface area contributed by atoms with Gasteiger partial charge in [-0.3, -0.25) is 0 Å². The van der Waals surface area contributed by atoms with Gasteiger partial charge >= 0.3 is 0 Å². The van der Waals surface area contributed by atoms with Crippen molar-refractivity contribution in [2.45, 2.75) is 39.3 Å². The van der Waals surface area contributed by atoms with Crippen molar-refractivity contribution in [3.63, 3.8) is 0 Å². The molecule has 0 saturated carbocycles. The summed E-state index contributed by atoms with van der Waals surface area (Å²) in [6, 6.07) is 58.0. The van der Waals surface area contributed by atoms with Gasteiger partial charge in [0.25, 0.3) is 0 Å². The van der Waals surface area contributed by atoms with E-state index in [0.717, 1.165) is 0 Å². The van der Waals surface area contributed by atoms with Gasteiger partial charge in [-0.05, 0) is 10.6 Å². The third-order valence-corrected chi connectivity index (χ3v) is 16.7. The molecule has 5 heteroatoms. The number of hydrogen-bond acceptors (Lipinski definition) is 0. The largest absolute Gasteiger partial charge is 0.746 e. The van der Waals surface area contributed by atoms with Crippen molar-refractivity contribution in [2.75, 3.05) is 0 Å². The van der Waals surface area contributed by atoms with Gasteiger partial charge in [0, 0.05) is 25.1 Å². The molecule has 6 rings (SSSR count). The average molecular weight is 699 g/mol. The molecule has 0 nitrogen and oxygen atoms in total. The van der Waals surface area contributed by atoms with Crippen LogP contribution in [0.15, 0.2) is 158 Å².